The van der Waals surface area contributed by atoms with Crippen molar-refractivity contribution in [3.8, 4) is 0 Å². The third-order valence-corrected chi connectivity index (χ3v) is 3.45. The molecule has 0 fully saturated rings. The van der Waals surface area contributed by atoms with Crippen molar-refractivity contribution in [2.45, 2.75) is 12.5 Å². The Hall–Kier alpha value is 0.330. The van der Waals surface area contributed by atoms with Gasteiger partial charge in [0.1, 0.15) is 5.85 Å². The number of rotatable bonds is 5. The summed E-state index contributed by atoms with van der Waals surface area (Å²) in [5.74, 6) is -0.780. The minimum Gasteiger partial charge on any atom is -1.00 e. The maximum Gasteiger partial charge on any atom is 1.00 e. The Kier molecular flexibility index (Phi) is 7.77. The Morgan fingerprint density at radius 2 is 2.06 bits per heavy atom. The molecule has 0 spiro atoms. The van der Waals surface area contributed by atoms with Gasteiger partial charge in [-0.1, -0.05) is 30.3 Å². The molecule has 0 radical (unpaired) electrons. The van der Waals surface area contributed by atoms with Crippen LogP contribution in [0.1, 0.15) is 6.99 Å². The van der Waals surface area contributed by atoms with E-state index in [-0.39, 0.29) is 37.5 Å². The van der Waals surface area contributed by atoms with E-state index in [0.717, 1.165) is 5.56 Å². The first-order valence-corrected chi connectivity index (χ1v) is 6.87. The van der Waals surface area contributed by atoms with Crippen molar-refractivity contribution in [1.82, 2.24) is 0 Å². The van der Waals surface area contributed by atoms with Gasteiger partial charge in [-0.25, -0.2) is 0 Å². The molecule has 0 saturated carbocycles. The minimum atomic E-state index is -3.26. The summed E-state index contributed by atoms with van der Waals surface area (Å²) < 4.78 is 16.6. The molecular weight excluding hydrogens is 236 g/mol. The van der Waals surface area contributed by atoms with Gasteiger partial charge in [-0.2, -0.15) is 0 Å². The van der Waals surface area contributed by atoms with Crippen molar-refractivity contribution >= 4 is 7.37 Å². The van der Waals surface area contributed by atoms with Gasteiger partial charge < -0.3 is 16.8 Å². The third-order valence-electron chi connectivity index (χ3n) is 2.02. The van der Waals surface area contributed by atoms with Crippen molar-refractivity contribution in [2.75, 3.05) is 13.2 Å². The molecule has 0 aliphatic rings. The first-order valence-electron chi connectivity index (χ1n) is 4.69. The molecule has 0 heterocycles. The fraction of sp³-hybridized carbons (Fsp3) is 0.400. The van der Waals surface area contributed by atoms with E-state index in [0.29, 0.717) is 6.61 Å². The van der Waals surface area contributed by atoms with Crippen LogP contribution in [0.3, 0.4) is 0 Å². The van der Waals surface area contributed by atoms with Gasteiger partial charge >= 0.3 is 29.6 Å². The molecule has 0 amide bonds. The van der Waals surface area contributed by atoms with Crippen LogP contribution in [0, 0.1) is 0 Å². The maximum absolute atomic E-state index is 11.3. The molecule has 16 heavy (non-hydrogen) atoms. The zero-order chi connectivity index (χ0) is 11.3. The van der Waals surface area contributed by atoms with Gasteiger partial charge in [0.05, 0.1) is 6.61 Å². The standard InChI is InChI=1S/C10H16NO3P.Na.H/c1-15(12,13)10(7-11)14-8-9-5-3-2-4-6-9;;/h2-6,10H,7-8,11H2,1H3,(H,12,13);;/q;+1;-1. The van der Waals surface area contributed by atoms with E-state index in [4.69, 9.17) is 10.5 Å². The monoisotopic (exact) mass is 253 g/mol. The number of hydrogen-bond donors (Lipinski definition) is 2. The van der Waals surface area contributed by atoms with Crippen LogP contribution in [0.15, 0.2) is 30.3 Å². The van der Waals surface area contributed by atoms with Crippen LogP contribution in [-0.2, 0) is 15.9 Å². The molecule has 0 aliphatic heterocycles. The predicted octanol–water partition coefficient (Wildman–Crippen LogP) is -1.50. The molecule has 1 aromatic carbocycles. The Balaban J connectivity index is 0. The van der Waals surface area contributed by atoms with Crippen LogP contribution in [0.25, 0.3) is 0 Å². The molecule has 1 aromatic rings. The summed E-state index contributed by atoms with van der Waals surface area (Å²) in [6.07, 6.45) is 0. The van der Waals surface area contributed by atoms with Crippen LogP contribution < -0.4 is 35.3 Å². The van der Waals surface area contributed by atoms with Crippen LogP contribution in [0.4, 0.5) is 0 Å². The molecule has 0 bridgehead atoms. The number of ether oxygens (including phenoxy) is 1. The molecular formula is C10H17NNaO3P. The summed E-state index contributed by atoms with van der Waals surface area (Å²) >= 11 is 0. The normalized spacial score (nSPS) is 15.9. The van der Waals surface area contributed by atoms with E-state index in [1.807, 2.05) is 30.3 Å². The van der Waals surface area contributed by atoms with E-state index in [9.17, 15) is 9.46 Å². The van der Waals surface area contributed by atoms with E-state index in [1.165, 1.54) is 6.66 Å². The second-order valence-electron chi connectivity index (χ2n) is 3.43. The molecule has 2 atom stereocenters. The van der Waals surface area contributed by atoms with Crippen molar-refractivity contribution in [3.05, 3.63) is 35.9 Å². The summed E-state index contributed by atoms with van der Waals surface area (Å²) in [7, 11) is -3.26. The van der Waals surface area contributed by atoms with Crippen LogP contribution in [0.2, 0.25) is 0 Å². The maximum atomic E-state index is 11.3. The van der Waals surface area contributed by atoms with Crippen LogP contribution >= 0.6 is 7.37 Å². The predicted molar refractivity (Wildman–Crippen MR) is 60.9 cm³/mol. The molecule has 0 aromatic heterocycles. The fourth-order valence-electron chi connectivity index (χ4n) is 1.17. The molecule has 1 rings (SSSR count). The second kappa shape index (κ2) is 7.62. The van der Waals surface area contributed by atoms with E-state index >= 15 is 0 Å². The van der Waals surface area contributed by atoms with Gasteiger partial charge in [-0.3, -0.25) is 4.57 Å². The SMILES string of the molecule is CP(=O)(O)C(CN)OCc1ccccc1.[H-].[Na+]. The van der Waals surface area contributed by atoms with E-state index < -0.39 is 13.2 Å². The minimum absolute atomic E-state index is 0. The smallest absolute Gasteiger partial charge is 1.00 e. The molecule has 2 unspecified atom stereocenters. The van der Waals surface area contributed by atoms with Crippen molar-refractivity contribution in [2.24, 2.45) is 5.73 Å². The Labute approximate surface area is 119 Å². The number of nitrogens with two attached hydrogens (primary N) is 1. The second-order valence-corrected chi connectivity index (χ2v) is 5.89. The van der Waals surface area contributed by atoms with Crippen molar-refractivity contribution in [3.63, 3.8) is 0 Å². The zero-order valence-electron chi connectivity index (χ0n) is 10.7. The van der Waals surface area contributed by atoms with Crippen LogP contribution in [0.5, 0.6) is 0 Å². The average molecular weight is 253 g/mol. The fourth-order valence-corrected chi connectivity index (χ4v) is 1.91. The zero-order valence-corrected chi connectivity index (χ0v) is 12.6. The Bertz CT molecular complexity index is 347. The Morgan fingerprint density at radius 3 is 2.50 bits per heavy atom. The third kappa shape index (κ3) is 5.60. The summed E-state index contributed by atoms with van der Waals surface area (Å²) in [5, 5.41) is 0. The average Bonchev–Trinajstić information content (AvgIpc) is 2.18. The first-order chi connectivity index (χ1) is 7.04. The van der Waals surface area contributed by atoms with Crippen molar-refractivity contribution < 1.29 is 45.2 Å². The summed E-state index contributed by atoms with van der Waals surface area (Å²) in [5.41, 5.74) is 6.33. The van der Waals surface area contributed by atoms with Gasteiger partial charge in [0.15, 0.2) is 0 Å². The van der Waals surface area contributed by atoms with Gasteiger partial charge in [-0.05, 0) is 5.56 Å². The summed E-state index contributed by atoms with van der Waals surface area (Å²) in [6.45, 7) is 1.62. The first kappa shape index (κ1) is 16.3. The number of benzene rings is 1. The molecule has 4 nitrogen and oxygen atoms in total. The topological polar surface area (TPSA) is 72.5 Å². The van der Waals surface area contributed by atoms with E-state index in [2.05, 4.69) is 0 Å². The summed E-state index contributed by atoms with van der Waals surface area (Å²) in [4.78, 5) is 9.31. The summed E-state index contributed by atoms with van der Waals surface area (Å²) in [6, 6.07) is 9.47. The molecule has 86 valence electrons. The molecule has 6 heteroatoms. The largest absolute Gasteiger partial charge is 1.00 e. The molecule has 3 N–H and O–H groups in total. The van der Waals surface area contributed by atoms with Gasteiger partial charge in [-0.15, -0.1) is 0 Å². The quantitative estimate of drug-likeness (QED) is 0.495. The Morgan fingerprint density at radius 1 is 1.50 bits per heavy atom. The van der Waals surface area contributed by atoms with Crippen molar-refractivity contribution in [1.29, 1.82) is 0 Å². The molecule has 0 aliphatic carbocycles. The van der Waals surface area contributed by atoms with Gasteiger partial charge in [0.2, 0.25) is 7.37 Å². The van der Waals surface area contributed by atoms with Gasteiger partial charge in [0, 0.05) is 13.2 Å². The molecule has 0 saturated heterocycles. The van der Waals surface area contributed by atoms with Gasteiger partial charge in [0.25, 0.3) is 0 Å². The van der Waals surface area contributed by atoms with E-state index in [1.54, 1.807) is 0 Å². The number of hydrogen-bond acceptors (Lipinski definition) is 3. The van der Waals surface area contributed by atoms with Crippen LogP contribution in [-0.4, -0.2) is 23.9 Å².